The quantitative estimate of drug-likeness (QED) is 0.779. The highest BCUT2D eigenvalue weighted by molar-refractivity contribution is 9.10. The molecule has 0 saturated carbocycles. The molecule has 0 aliphatic heterocycles. The number of aromatic amines is 1. The summed E-state index contributed by atoms with van der Waals surface area (Å²) in [5.41, 5.74) is -1.84. The summed E-state index contributed by atoms with van der Waals surface area (Å²) in [5.74, 6) is -0.870. The molecule has 19 heavy (non-hydrogen) atoms. The van der Waals surface area contributed by atoms with Crippen molar-refractivity contribution in [3.63, 3.8) is 0 Å². The summed E-state index contributed by atoms with van der Waals surface area (Å²) in [6.07, 6.45) is -4.14. The van der Waals surface area contributed by atoms with Crippen LogP contribution in [0.4, 0.5) is 13.2 Å². The number of carbonyl (C=O) groups excluding carboxylic acids is 1. The molecule has 0 aromatic carbocycles. The zero-order valence-corrected chi connectivity index (χ0v) is 11.7. The SMILES string of the molecule is CCOCCCNC(=O)c1nc(Br)[nH]c1C(F)(F)F. The Hall–Kier alpha value is -1.09. The van der Waals surface area contributed by atoms with Crippen molar-refractivity contribution in [2.24, 2.45) is 0 Å². The van der Waals surface area contributed by atoms with E-state index in [9.17, 15) is 18.0 Å². The van der Waals surface area contributed by atoms with E-state index in [1.54, 1.807) is 0 Å². The highest BCUT2D eigenvalue weighted by Crippen LogP contribution is 2.31. The molecule has 1 aromatic rings. The molecule has 0 atom stereocenters. The van der Waals surface area contributed by atoms with Gasteiger partial charge < -0.3 is 15.0 Å². The smallest absolute Gasteiger partial charge is 0.382 e. The van der Waals surface area contributed by atoms with E-state index in [0.29, 0.717) is 19.6 Å². The van der Waals surface area contributed by atoms with Gasteiger partial charge in [0.1, 0.15) is 0 Å². The Morgan fingerprint density at radius 3 is 2.79 bits per heavy atom. The van der Waals surface area contributed by atoms with Gasteiger partial charge in [-0.2, -0.15) is 13.2 Å². The monoisotopic (exact) mass is 343 g/mol. The molecule has 0 aliphatic carbocycles. The van der Waals surface area contributed by atoms with Gasteiger partial charge in [0.15, 0.2) is 16.1 Å². The van der Waals surface area contributed by atoms with Crippen molar-refractivity contribution in [3.8, 4) is 0 Å². The maximum Gasteiger partial charge on any atom is 0.433 e. The predicted molar refractivity (Wildman–Crippen MR) is 64.7 cm³/mol. The molecule has 0 aliphatic rings. The summed E-state index contributed by atoms with van der Waals surface area (Å²) < 4.78 is 42.8. The molecule has 1 heterocycles. The molecular formula is C10H13BrF3N3O2. The summed E-state index contributed by atoms with van der Waals surface area (Å²) >= 11 is 2.78. The lowest BCUT2D eigenvalue weighted by molar-refractivity contribution is -0.141. The zero-order valence-electron chi connectivity index (χ0n) is 10.1. The number of carbonyl (C=O) groups is 1. The van der Waals surface area contributed by atoms with Gasteiger partial charge in [0, 0.05) is 19.8 Å². The van der Waals surface area contributed by atoms with Crippen LogP contribution in [0.5, 0.6) is 0 Å². The number of imidazole rings is 1. The normalized spacial score (nSPS) is 11.6. The average molecular weight is 344 g/mol. The first-order valence-corrected chi connectivity index (χ1v) is 6.34. The molecule has 0 bridgehead atoms. The fraction of sp³-hybridized carbons (Fsp3) is 0.600. The first kappa shape index (κ1) is 16.0. The number of H-pyrrole nitrogens is 1. The second-order valence-electron chi connectivity index (χ2n) is 3.56. The van der Waals surface area contributed by atoms with Crippen LogP contribution in [-0.2, 0) is 10.9 Å². The van der Waals surface area contributed by atoms with Gasteiger partial charge in [-0.05, 0) is 29.3 Å². The lowest BCUT2D eigenvalue weighted by atomic mass is 10.3. The molecule has 0 fully saturated rings. The Bertz CT molecular complexity index is 434. The van der Waals surface area contributed by atoms with Crippen LogP contribution in [0.1, 0.15) is 29.5 Å². The number of nitrogens with zero attached hydrogens (tertiary/aromatic N) is 1. The Morgan fingerprint density at radius 1 is 1.53 bits per heavy atom. The van der Waals surface area contributed by atoms with E-state index in [2.05, 4.69) is 26.2 Å². The Morgan fingerprint density at radius 2 is 2.21 bits per heavy atom. The number of rotatable bonds is 6. The van der Waals surface area contributed by atoms with E-state index in [-0.39, 0.29) is 11.3 Å². The number of hydrogen-bond acceptors (Lipinski definition) is 3. The number of nitrogens with one attached hydrogen (secondary N) is 2. The van der Waals surface area contributed by atoms with Gasteiger partial charge in [-0.15, -0.1) is 0 Å². The minimum Gasteiger partial charge on any atom is -0.382 e. The van der Waals surface area contributed by atoms with E-state index in [4.69, 9.17) is 4.74 Å². The van der Waals surface area contributed by atoms with Crippen molar-refractivity contribution in [3.05, 3.63) is 16.1 Å². The Labute approximate surface area is 116 Å². The first-order valence-electron chi connectivity index (χ1n) is 5.55. The van der Waals surface area contributed by atoms with Gasteiger partial charge in [-0.3, -0.25) is 4.79 Å². The molecule has 1 amide bonds. The van der Waals surface area contributed by atoms with E-state index in [0.717, 1.165) is 0 Å². The van der Waals surface area contributed by atoms with Crippen LogP contribution in [0.3, 0.4) is 0 Å². The average Bonchev–Trinajstić information content (AvgIpc) is 2.71. The van der Waals surface area contributed by atoms with Gasteiger partial charge in [0.05, 0.1) is 0 Å². The first-order chi connectivity index (χ1) is 8.86. The molecule has 0 unspecified atom stereocenters. The highest BCUT2D eigenvalue weighted by atomic mass is 79.9. The summed E-state index contributed by atoms with van der Waals surface area (Å²) in [5, 5.41) is 2.36. The Kier molecular flexibility index (Phi) is 5.80. The molecule has 108 valence electrons. The van der Waals surface area contributed by atoms with Crippen molar-refractivity contribution < 1.29 is 22.7 Å². The minimum absolute atomic E-state index is 0.140. The second kappa shape index (κ2) is 6.90. The zero-order chi connectivity index (χ0) is 14.5. The third-order valence-corrected chi connectivity index (χ3v) is 2.50. The highest BCUT2D eigenvalue weighted by Gasteiger charge is 2.38. The van der Waals surface area contributed by atoms with Crippen molar-refractivity contribution in [1.29, 1.82) is 0 Å². The molecule has 0 saturated heterocycles. The third kappa shape index (κ3) is 4.83. The summed E-state index contributed by atoms with van der Waals surface area (Å²) in [6.45, 7) is 3.04. The van der Waals surface area contributed by atoms with Crippen molar-refractivity contribution in [2.45, 2.75) is 19.5 Å². The van der Waals surface area contributed by atoms with Crippen LogP contribution in [0, 0.1) is 0 Å². The standard InChI is InChI=1S/C10H13BrF3N3O2/c1-2-19-5-3-4-15-8(18)6-7(10(12,13)14)17-9(11)16-6/h2-5H2,1H3,(H,15,18)(H,16,17). The van der Waals surface area contributed by atoms with Crippen molar-refractivity contribution >= 4 is 21.8 Å². The molecule has 5 nitrogen and oxygen atoms in total. The topological polar surface area (TPSA) is 67.0 Å². The maximum absolute atomic E-state index is 12.6. The second-order valence-corrected chi connectivity index (χ2v) is 4.31. The minimum atomic E-state index is -4.66. The maximum atomic E-state index is 12.6. The number of halogens is 4. The summed E-state index contributed by atoms with van der Waals surface area (Å²) in [6, 6.07) is 0. The number of alkyl halides is 3. The lowest BCUT2D eigenvalue weighted by Crippen LogP contribution is -2.28. The van der Waals surface area contributed by atoms with Crippen LogP contribution >= 0.6 is 15.9 Å². The van der Waals surface area contributed by atoms with Crippen LogP contribution in [0.25, 0.3) is 0 Å². The molecule has 0 radical (unpaired) electrons. The van der Waals surface area contributed by atoms with Crippen molar-refractivity contribution in [1.82, 2.24) is 15.3 Å². The molecule has 1 rings (SSSR count). The van der Waals surface area contributed by atoms with Gasteiger partial charge >= 0.3 is 6.18 Å². The number of hydrogen-bond donors (Lipinski definition) is 2. The molecule has 0 spiro atoms. The summed E-state index contributed by atoms with van der Waals surface area (Å²) in [7, 11) is 0. The molecule has 9 heteroatoms. The van der Waals surface area contributed by atoms with E-state index < -0.39 is 23.5 Å². The van der Waals surface area contributed by atoms with Crippen LogP contribution in [0.2, 0.25) is 0 Å². The molecule has 2 N–H and O–H groups in total. The Balaban J connectivity index is 2.62. The molecule has 1 aromatic heterocycles. The van der Waals surface area contributed by atoms with Gasteiger partial charge in [0.25, 0.3) is 5.91 Å². The van der Waals surface area contributed by atoms with E-state index >= 15 is 0 Å². The fourth-order valence-corrected chi connectivity index (χ4v) is 1.69. The van der Waals surface area contributed by atoms with Crippen molar-refractivity contribution in [2.75, 3.05) is 19.8 Å². The largest absolute Gasteiger partial charge is 0.433 e. The van der Waals surface area contributed by atoms with E-state index in [1.807, 2.05) is 11.9 Å². The van der Waals surface area contributed by atoms with Gasteiger partial charge in [-0.25, -0.2) is 4.98 Å². The predicted octanol–water partition coefficient (Wildman–Crippen LogP) is 2.35. The fourth-order valence-electron chi connectivity index (χ4n) is 1.32. The lowest BCUT2D eigenvalue weighted by Gasteiger charge is -2.07. The molecular weight excluding hydrogens is 331 g/mol. The number of amides is 1. The number of aromatic nitrogens is 2. The van der Waals surface area contributed by atoms with Crippen LogP contribution in [0.15, 0.2) is 4.73 Å². The number of ether oxygens (including phenoxy) is 1. The van der Waals surface area contributed by atoms with Gasteiger partial charge in [-0.1, -0.05) is 0 Å². The van der Waals surface area contributed by atoms with E-state index in [1.165, 1.54) is 0 Å². The third-order valence-electron chi connectivity index (χ3n) is 2.13. The van der Waals surface area contributed by atoms with Crippen LogP contribution in [-0.4, -0.2) is 35.6 Å². The summed E-state index contributed by atoms with van der Waals surface area (Å²) in [4.78, 5) is 17.1. The van der Waals surface area contributed by atoms with Gasteiger partial charge in [0.2, 0.25) is 0 Å². The van der Waals surface area contributed by atoms with Crippen LogP contribution < -0.4 is 5.32 Å².